The van der Waals surface area contributed by atoms with Gasteiger partial charge in [0.15, 0.2) is 5.96 Å². The molecule has 1 aromatic carbocycles. The zero-order valence-electron chi connectivity index (χ0n) is 12.5. The van der Waals surface area contributed by atoms with Crippen LogP contribution >= 0.6 is 11.3 Å². The van der Waals surface area contributed by atoms with E-state index in [1.807, 2.05) is 13.2 Å². The molecule has 0 saturated heterocycles. The Kier molecular flexibility index (Phi) is 4.20. The molecule has 0 amide bonds. The topological polar surface area (TPSA) is 40.5 Å². The summed E-state index contributed by atoms with van der Waals surface area (Å²) in [4.78, 5) is 12.4. The molecule has 1 aliphatic rings. The Morgan fingerprint density at radius 2 is 2.29 bits per heavy atom. The minimum atomic E-state index is 0.732. The molecular weight excluding hydrogens is 280 g/mol. The lowest BCUT2D eigenvalue weighted by Gasteiger charge is -2.21. The Hall–Kier alpha value is -1.88. The van der Waals surface area contributed by atoms with E-state index in [1.54, 1.807) is 11.3 Å². The molecule has 21 heavy (non-hydrogen) atoms. The highest BCUT2D eigenvalue weighted by Crippen LogP contribution is 2.27. The van der Waals surface area contributed by atoms with E-state index in [9.17, 15) is 0 Å². The van der Waals surface area contributed by atoms with Crippen molar-refractivity contribution in [2.45, 2.75) is 26.3 Å². The van der Waals surface area contributed by atoms with Crippen molar-refractivity contribution in [2.75, 3.05) is 18.5 Å². The van der Waals surface area contributed by atoms with Crippen LogP contribution in [0.2, 0.25) is 0 Å². The molecule has 0 atom stereocenters. The molecule has 0 saturated carbocycles. The number of rotatable bonds is 3. The summed E-state index contributed by atoms with van der Waals surface area (Å²) in [6.07, 6.45) is 4.09. The van der Waals surface area contributed by atoms with Gasteiger partial charge in [0, 0.05) is 30.4 Å². The first-order valence-corrected chi connectivity index (χ1v) is 8.13. The average molecular weight is 300 g/mol. The average Bonchev–Trinajstić information content (AvgIpc) is 3.15. The van der Waals surface area contributed by atoms with Crippen molar-refractivity contribution in [1.82, 2.24) is 10.3 Å². The molecule has 0 unspecified atom stereocenters. The number of guanidine groups is 1. The van der Waals surface area contributed by atoms with Gasteiger partial charge in [-0.1, -0.05) is 25.1 Å². The minimum Gasteiger partial charge on any atom is -0.349 e. The zero-order valence-corrected chi connectivity index (χ0v) is 13.3. The molecule has 1 N–H and O–H groups in total. The number of benzene rings is 1. The number of nitrogens with one attached hydrogen (secondary N) is 1. The second kappa shape index (κ2) is 6.26. The number of hydrogen-bond acceptors (Lipinski definition) is 3. The monoisotopic (exact) mass is 300 g/mol. The van der Waals surface area contributed by atoms with Crippen molar-refractivity contribution in [2.24, 2.45) is 4.99 Å². The van der Waals surface area contributed by atoms with Crippen LogP contribution in [0.15, 0.2) is 35.5 Å². The van der Waals surface area contributed by atoms with Gasteiger partial charge in [0.25, 0.3) is 0 Å². The molecule has 1 aromatic heterocycles. The molecule has 3 rings (SSSR count). The van der Waals surface area contributed by atoms with Crippen LogP contribution in [0.5, 0.6) is 0 Å². The summed E-state index contributed by atoms with van der Waals surface area (Å²) in [7, 11) is 1.84. The Morgan fingerprint density at radius 3 is 3.05 bits per heavy atom. The summed E-state index contributed by atoms with van der Waals surface area (Å²) in [5.74, 6) is 0.924. The highest BCUT2D eigenvalue weighted by atomic mass is 32.1. The van der Waals surface area contributed by atoms with Gasteiger partial charge in [0.1, 0.15) is 5.01 Å². The highest BCUT2D eigenvalue weighted by Gasteiger charge is 2.22. The largest absolute Gasteiger partial charge is 0.349 e. The second-order valence-electron chi connectivity index (χ2n) is 5.00. The van der Waals surface area contributed by atoms with Crippen molar-refractivity contribution in [3.05, 3.63) is 45.9 Å². The predicted octanol–water partition coefficient (Wildman–Crippen LogP) is 2.84. The Morgan fingerprint density at radius 1 is 1.43 bits per heavy atom. The number of nitrogens with zero attached hydrogens (tertiary/aromatic N) is 3. The van der Waals surface area contributed by atoms with E-state index in [-0.39, 0.29) is 0 Å². The third-order valence-corrected chi connectivity index (χ3v) is 4.84. The van der Waals surface area contributed by atoms with Gasteiger partial charge in [-0.05, 0) is 24.5 Å². The fourth-order valence-electron chi connectivity index (χ4n) is 2.60. The first kappa shape index (κ1) is 14.1. The van der Waals surface area contributed by atoms with Gasteiger partial charge < -0.3 is 10.2 Å². The summed E-state index contributed by atoms with van der Waals surface area (Å²) in [5.41, 5.74) is 2.65. The fourth-order valence-corrected chi connectivity index (χ4v) is 3.40. The van der Waals surface area contributed by atoms with Gasteiger partial charge in [0.05, 0.1) is 6.54 Å². The number of para-hydroxylation sites is 1. The van der Waals surface area contributed by atoms with Crippen LogP contribution in [0.3, 0.4) is 0 Å². The van der Waals surface area contributed by atoms with Gasteiger partial charge in [0.2, 0.25) is 0 Å². The van der Waals surface area contributed by atoms with Crippen LogP contribution in [0.1, 0.15) is 22.4 Å². The number of thiazole rings is 1. The molecule has 2 heterocycles. The Labute approximate surface area is 129 Å². The van der Waals surface area contributed by atoms with E-state index >= 15 is 0 Å². The van der Waals surface area contributed by atoms with Crippen molar-refractivity contribution >= 4 is 23.0 Å². The van der Waals surface area contributed by atoms with Crippen LogP contribution in [-0.4, -0.2) is 24.5 Å². The molecular formula is C16H20N4S. The van der Waals surface area contributed by atoms with Gasteiger partial charge in [-0.3, -0.25) is 4.99 Å². The van der Waals surface area contributed by atoms with E-state index in [4.69, 9.17) is 0 Å². The van der Waals surface area contributed by atoms with Crippen molar-refractivity contribution in [3.8, 4) is 0 Å². The SMILES string of the molecule is CCc1cnc(CNC(=NC)N2CCc3ccccc32)s1. The van der Waals surface area contributed by atoms with Gasteiger partial charge in [-0.2, -0.15) is 0 Å². The molecule has 0 aliphatic carbocycles. The molecule has 0 bridgehead atoms. The number of hydrogen-bond donors (Lipinski definition) is 1. The van der Waals surface area contributed by atoms with Crippen LogP contribution in [0, 0.1) is 0 Å². The number of aliphatic imine (C=N–C) groups is 1. The lowest BCUT2D eigenvalue weighted by molar-refractivity contribution is 0.859. The first-order valence-electron chi connectivity index (χ1n) is 7.31. The van der Waals surface area contributed by atoms with Gasteiger partial charge in [-0.15, -0.1) is 11.3 Å². The standard InChI is InChI=1S/C16H20N4S/c1-3-13-10-18-15(21-13)11-19-16(17-2)20-9-8-12-6-4-5-7-14(12)20/h4-7,10H,3,8-9,11H2,1-2H3,(H,17,19). The number of aromatic nitrogens is 1. The third kappa shape index (κ3) is 2.93. The molecule has 5 heteroatoms. The summed E-state index contributed by atoms with van der Waals surface area (Å²) >= 11 is 1.77. The second-order valence-corrected chi connectivity index (χ2v) is 6.20. The smallest absolute Gasteiger partial charge is 0.198 e. The first-order chi connectivity index (χ1) is 10.3. The zero-order chi connectivity index (χ0) is 14.7. The summed E-state index contributed by atoms with van der Waals surface area (Å²) < 4.78 is 0. The van der Waals surface area contributed by atoms with Crippen LogP contribution < -0.4 is 10.2 Å². The molecule has 1 aliphatic heterocycles. The Bertz CT molecular complexity index is 647. The summed E-state index contributed by atoms with van der Waals surface area (Å²) in [6.45, 7) is 3.87. The maximum absolute atomic E-state index is 4.45. The summed E-state index contributed by atoms with van der Waals surface area (Å²) in [6, 6.07) is 8.53. The van der Waals surface area contributed by atoms with E-state index in [0.717, 1.165) is 36.9 Å². The Balaban J connectivity index is 1.69. The molecule has 0 radical (unpaired) electrons. The highest BCUT2D eigenvalue weighted by molar-refractivity contribution is 7.11. The molecule has 0 fully saturated rings. The van der Waals surface area contributed by atoms with Crippen LogP contribution in [-0.2, 0) is 19.4 Å². The van der Waals surface area contributed by atoms with Gasteiger partial charge >= 0.3 is 0 Å². The fraction of sp³-hybridized carbons (Fsp3) is 0.375. The third-order valence-electron chi connectivity index (χ3n) is 3.70. The van der Waals surface area contributed by atoms with E-state index < -0.39 is 0 Å². The molecule has 2 aromatic rings. The maximum atomic E-state index is 4.45. The van der Waals surface area contributed by atoms with Crippen LogP contribution in [0.4, 0.5) is 5.69 Å². The number of fused-ring (bicyclic) bond motifs is 1. The normalized spacial score (nSPS) is 14.4. The van der Waals surface area contributed by atoms with Crippen molar-refractivity contribution in [1.29, 1.82) is 0 Å². The quantitative estimate of drug-likeness (QED) is 0.700. The minimum absolute atomic E-state index is 0.732. The van der Waals surface area contributed by atoms with Crippen LogP contribution in [0.25, 0.3) is 0 Å². The van der Waals surface area contributed by atoms with Gasteiger partial charge in [-0.25, -0.2) is 4.98 Å². The predicted molar refractivity (Wildman–Crippen MR) is 89.2 cm³/mol. The van der Waals surface area contributed by atoms with E-state index in [2.05, 4.69) is 51.4 Å². The number of aryl methyl sites for hydroxylation is 1. The lowest BCUT2D eigenvalue weighted by atomic mass is 10.2. The molecule has 4 nitrogen and oxygen atoms in total. The number of anilines is 1. The molecule has 0 spiro atoms. The lowest BCUT2D eigenvalue weighted by Crippen LogP contribution is -2.40. The van der Waals surface area contributed by atoms with E-state index in [0.29, 0.717) is 0 Å². The van der Waals surface area contributed by atoms with E-state index in [1.165, 1.54) is 16.1 Å². The van der Waals surface area contributed by atoms with Crippen molar-refractivity contribution in [3.63, 3.8) is 0 Å². The van der Waals surface area contributed by atoms with Crippen molar-refractivity contribution < 1.29 is 0 Å². The summed E-state index contributed by atoms with van der Waals surface area (Å²) in [5, 5.41) is 4.54. The molecule has 110 valence electrons. The maximum Gasteiger partial charge on any atom is 0.198 e.